The van der Waals surface area contributed by atoms with Gasteiger partial charge in [0.15, 0.2) is 0 Å². The predicted octanol–water partition coefficient (Wildman–Crippen LogP) is 3.42. The molecule has 0 bridgehead atoms. The summed E-state index contributed by atoms with van der Waals surface area (Å²) in [6, 6.07) is 0.572. The van der Waals surface area contributed by atoms with Crippen LogP contribution in [-0.2, 0) is 4.74 Å². The van der Waals surface area contributed by atoms with E-state index in [4.69, 9.17) is 4.74 Å². The minimum atomic E-state index is 0.370. The third kappa shape index (κ3) is 4.11. The third-order valence-corrected chi connectivity index (χ3v) is 4.13. The molecule has 3 unspecified atom stereocenters. The van der Waals surface area contributed by atoms with E-state index in [-0.39, 0.29) is 0 Å². The van der Waals surface area contributed by atoms with Crippen molar-refractivity contribution in [3.8, 4) is 0 Å². The Labute approximate surface area is 106 Å². The van der Waals surface area contributed by atoms with Crippen LogP contribution >= 0.6 is 0 Å². The Morgan fingerprint density at radius 3 is 2.71 bits per heavy atom. The largest absolute Gasteiger partial charge is 0.369 e. The summed E-state index contributed by atoms with van der Waals surface area (Å²) in [6.45, 7) is 0. The maximum absolute atomic E-state index is 6.32. The van der Waals surface area contributed by atoms with Gasteiger partial charge >= 0.3 is 0 Å². The number of likely N-dealkylation sites (N-methyl/N-ethyl adjacent to an activating group) is 1. The van der Waals surface area contributed by atoms with Crippen LogP contribution in [-0.4, -0.2) is 25.3 Å². The van der Waals surface area contributed by atoms with Crippen molar-refractivity contribution in [1.82, 2.24) is 5.32 Å². The van der Waals surface area contributed by atoms with Gasteiger partial charge in [0.05, 0.1) is 12.2 Å². The Morgan fingerprint density at radius 2 is 1.82 bits per heavy atom. The lowest BCUT2D eigenvalue weighted by atomic mass is 9.92. The monoisotopic (exact) mass is 237 g/mol. The number of ether oxygens (including phenoxy) is 1. The molecule has 2 rings (SSSR count). The number of nitrogens with one attached hydrogen (secondary N) is 1. The second-order valence-electron chi connectivity index (χ2n) is 5.46. The molecule has 2 aliphatic carbocycles. The second kappa shape index (κ2) is 7.17. The summed E-state index contributed by atoms with van der Waals surface area (Å²) >= 11 is 0. The first-order valence-corrected chi connectivity index (χ1v) is 7.39. The summed E-state index contributed by atoms with van der Waals surface area (Å²) in [5.74, 6) is 0. The van der Waals surface area contributed by atoms with Crippen molar-refractivity contribution >= 4 is 0 Å². The lowest BCUT2D eigenvalue weighted by Crippen LogP contribution is -2.43. The Morgan fingerprint density at radius 1 is 1.00 bits per heavy atom. The molecule has 3 atom stereocenters. The molecule has 0 aromatic carbocycles. The van der Waals surface area contributed by atoms with Crippen molar-refractivity contribution in [2.45, 2.75) is 76.0 Å². The highest BCUT2D eigenvalue weighted by Gasteiger charge is 2.26. The van der Waals surface area contributed by atoms with Gasteiger partial charge in [-0.2, -0.15) is 0 Å². The Hall–Kier alpha value is -0.340. The normalized spacial score (nSPS) is 37.1. The van der Waals surface area contributed by atoms with Crippen LogP contribution in [0.3, 0.4) is 0 Å². The maximum Gasteiger partial charge on any atom is 0.0760 e. The topological polar surface area (TPSA) is 21.3 Å². The van der Waals surface area contributed by atoms with Gasteiger partial charge in [-0.3, -0.25) is 0 Å². The van der Waals surface area contributed by atoms with Gasteiger partial charge in [-0.1, -0.05) is 37.8 Å². The van der Waals surface area contributed by atoms with E-state index in [2.05, 4.69) is 24.5 Å². The van der Waals surface area contributed by atoms with Crippen LogP contribution in [0.5, 0.6) is 0 Å². The molecule has 1 N–H and O–H groups in total. The fraction of sp³-hybridized carbons (Fsp3) is 0.867. The van der Waals surface area contributed by atoms with Crippen molar-refractivity contribution in [1.29, 1.82) is 0 Å². The number of rotatable bonds is 3. The SMILES string of the molecule is CNC1CCCCC1OC1/C=C/CCCCC1. The molecule has 0 aromatic rings. The quantitative estimate of drug-likeness (QED) is 0.759. The molecule has 1 saturated carbocycles. The lowest BCUT2D eigenvalue weighted by Gasteiger charge is -2.33. The zero-order valence-corrected chi connectivity index (χ0v) is 11.2. The Kier molecular flexibility index (Phi) is 5.53. The van der Waals surface area contributed by atoms with Gasteiger partial charge in [0.1, 0.15) is 0 Å². The fourth-order valence-corrected chi connectivity index (χ4v) is 3.06. The summed E-state index contributed by atoms with van der Waals surface area (Å²) in [5, 5.41) is 3.42. The predicted molar refractivity (Wildman–Crippen MR) is 72.2 cm³/mol. The minimum absolute atomic E-state index is 0.370. The van der Waals surface area contributed by atoms with Gasteiger partial charge in [-0.25, -0.2) is 0 Å². The zero-order chi connectivity index (χ0) is 11.9. The average Bonchev–Trinajstić information content (AvgIpc) is 2.33. The Balaban J connectivity index is 1.86. The lowest BCUT2D eigenvalue weighted by molar-refractivity contribution is -0.0291. The van der Waals surface area contributed by atoms with Gasteiger partial charge < -0.3 is 10.1 Å². The molecule has 0 amide bonds. The van der Waals surface area contributed by atoms with Crippen LogP contribution in [0.1, 0.15) is 57.8 Å². The van der Waals surface area contributed by atoms with Gasteiger partial charge in [-0.05, 0) is 39.2 Å². The van der Waals surface area contributed by atoms with Crippen LogP contribution in [0.25, 0.3) is 0 Å². The molecule has 0 radical (unpaired) electrons. The van der Waals surface area contributed by atoms with Crippen LogP contribution in [0.2, 0.25) is 0 Å². The molecule has 17 heavy (non-hydrogen) atoms. The van der Waals surface area contributed by atoms with Crippen LogP contribution in [0.15, 0.2) is 12.2 Å². The molecule has 0 spiro atoms. The maximum atomic E-state index is 6.32. The Bertz CT molecular complexity index is 239. The highest BCUT2D eigenvalue weighted by atomic mass is 16.5. The third-order valence-electron chi connectivity index (χ3n) is 4.13. The molecular formula is C15H27NO. The van der Waals surface area contributed by atoms with E-state index in [1.807, 2.05) is 0 Å². The summed E-state index contributed by atoms with van der Waals surface area (Å²) < 4.78 is 6.32. The van der Waals surface area contributed by atoms with Gasteiger partial charge in [0, 0.05) is 6.04 Å². The first kappa shape index (κ1) is 13.1. The van der Waals surface area contributed by atoms with E-state index in [1.54, 1.807) is 0 Å². The van der Waals surface area contributed by atoms with Crippen LogP contribution in [0.4, 0.5) is 0 Å². The highest BCUT2D eigenvalue weighted by Crippen LogP contribution is 2.24. The molecule has 2 nitrogen and oxygen atoms in total. The highest BCUT2D eigenvalue weighted by molar-refractivity contribution is 4.93. The smallest absolute Gasteiger partial charge is 0.0760 e. The molecule has 2 heteroatoms. The van der Waals surface area contributed by atoms with E-state index in [1.165, 1.54) is 57.8 Å². The second-order valence-corrected chi connectivity index (χ2v) is 5.46. The van der Waals surface area contributed by atoms with Gasteiger partial charge in [0.2, 0.25) is 0 Å². The van der Waals surface area contributed by atoms with Crippen molar-refractivity contribution < 1.29 is 4.74 Å². The summed E-state index contributed by atoms with van der Waals surface area (Å²) in [4.78, 5) is 0. The summed E-state index contributed by atoms with van der Waals surface area (Å²) in [7, 11) is 2.07. The van der Waals surface area contributed by atoms with E-state index in [9.17, 15) is 0 Å². The molecule has 98 valence electrons. The standard InChI is InChI=1S/C15H27NO/c1-16-14-11-7-8-12-15(14)17-13-9-5-3-2-4-6-10-13/h5,9,13-16H,2-4,6-8,10-12H2,1H3/b9-5+. The van der Waals surface area contributed by atoms with Gasteiger partial charge in [-0.15, -0.1) is 0 Å². The molecule has 2 aliphatic rings. The molecular weight excluding hydrogens is 210 g/mol. The minimum Gasteiger partial charge on any atom is -0.369 e. The number of allylic oxidation sites excluding steroid dienone is 1. The molecule has 0 aliphatic heterocycles. The summed E-state index contributed by atoms with van der Waals surface area (Å²) in [6.07, 6.45) is 17.1. The first-order valence-electron chi connectivity index (χ1n) is 7.39. The number of hydrogen-bond donors (Lipinski definition) is 1. The van der Waals surface area contributed by atoms with Crippen molar-refractivity contribution in [2.24, 2.45) is 0 Å². The van der Waals surface area contributed by atoms with Crippen molar-refractivity contribution in [3.05, 3.63) is 12.2 Å². The summed E-state index contributed by atoms with van der Waals surface area (Å²) in [5.41, 5.74) is 0. The van der Waals surface area contributed by atoms with Crippen molar-refractivity contribution in [2.75, 3.05) is 7.05 Å². The van der Waals surface area contributed by atoms with E-state index in [0.717, 1.165) is 0 Å². The fourth-order valence-electron chi connectivity index (χ4n) is 3.06. The molecule has 0 aromatic heterocycles. The van der Waals surface area contributed by atoms with Crippen LogP contribution in [0, 0.1) is 0 Å². The zero-order valence-electron chi connectivity index (χ0n) is 11.2. The van der Waals surface area contributed by atoms with Gasteiger partial charge in [0.25, 0.3) is 0 Å². The van der Waals surface area contributed by atoms with E-state index >= 15 is 0 Å². The molecule has 0 heterocycles. The van der Waals surface area contributed by atoms with Crippen molar-refractivity contribution in [3.63, 3.8) is 0 Å². The molecule has 1 fully saturated rings. The van der Waals surface area contributed by atoms with E-state index < -0.39 is 0 Å². The molecule has 0 saturated heterocycles. The first-order chi connectivity index (χ1) is 8.40. The average molecular weight is 237 g/mol. The number of hydrogen-bond acceptors (Lipinski definition) is 2. The van der Waals surface area contributed by atoms with Crippen LogP contribution < -0.4 is 5.32 Å². The van der Waals surface area contributed by atoms with E-state index in [0.29, 0.717) is 18.2 Å².